The zero-order valence-electron chi connectivity index (χ0n) is 11.1. The maximum atomic E-state index is 13.3. The van der Waals surface area contributed by atoms with Gasteiger partial charge in [-0.05, 0) is 30.4 Å². The van der Waals surface area contributed by atoms with Gasteiger partial charge in [-0.1, -0.05) is 13.8 Å². The summed E-state index contributed by atoms with van der Waals surface area (Å²) in [6.07, 6.45) is 0.815. The summed E-state index contributed by atoms with van der Waals surface area (Å²) < 4.78 is 13.3. The number of fused-ring (bicyclic) bond motifs is 2. The first-order chi connectivity index (χ1) is 8.87. The van der Waals surface area contributed by atoms with Crippen molar-refractivity contribution in [2.24, 2.45) is 5.41 Å². The van der Waals surface area contributed by atoms with Crippen LogP contribution in [0.25, 0.3) is 10.9 Å². The molecule has 19 heavy (non-hydrogen) atoms. The summed E-state index contributed by atoms with van der Waals surface area (Å²) in [5, 5.41) is 11.0. The van der Waals surface area contributed by atoms with Crippen LogP contribution in [0.4, 0.5) is 10.1 Å². The highest BCUT2D eigenvalue weighted by atomic mass is 19.1. The number of nitrogen functional groups attached to an aromatic ring is 1. The molecule has 0 saturated carbocycles. The second kappa shape index (κ2) is 3.90. The largest absolute Gasteiger partial charge is 0.398 e. The van der Waals surface area contributed by atoms with Gasteiger partial charge in [-0.15, -0.1) is 0 Å². The summed E-state index contributed by atoms with van der Waals surface area (Å²) in [5.41, 5.74) is 8.72. The van der Waals surface area contributed by atoms with Gasteiger partial charge in [0.25, 0.3) is 0 Å². The summed E-state index contributed by atoms with van der Waals surface area (Å²) in [7, 11) is 0. The Hall–Kier alpha value is -1.68. The topological polar surface area (TPSA) is 59.1 Å². The third kappa shape index (κ3) is 1.96. The Balaban J connectivity index is 2.30. The number of aliphatic hydroxyl groups excluding tert-OH is 1. The first-order valence-electron chi connectivity index (χ1n) is 6.43. The lowest BCUT2D eigenvalue weighted by molar-refractivity contribution is 0.0992. The van der Waals surface area contributed by atoms with Crippen molar-refractivity contribution in [3.63, 3.8) is 0 Å². The summed E-state index contributed by atoms with van der Waals surface area (Å²) in [6.45, 7) is 4.18. The van der Waals surface area contributed by atoms with Crippen molar-refractivity contribution in [2.45, 2.75) is 32.8 Å². The molecule has 0 aliphatic heterocycles. The summed E-state index contributed by atoms with van der Waals surface area (Å²) in [6, 6.07) is 4.38. The summed E-state index contributed by atoms with van der Waals surface area (Å²) in [4.78, 5) is 4.50. The number of halogens is 1. The molecule has 0 bridgehead atoms. The van der Waals surface area contributed by atoms with E-state index in [0.29, 0.717) is 23.0 Å². The molecule has 1 aliphatic carbocycles. The van der Waals surface area contributed by atoms with E-state index in [2.05, 4.69) is 18.8 Å². The van der Waals surface area contributed by atoms with Crippen molar-refractivity contribution in [3.05, 3.63) is 35.3 Å². The number of benzene rings is 1. The van der Waals surface area contributed by atoms with Gasteiger partial charge < -0.3 is 10.8 Å². The summed E-state index contributed by atoms with van der Waals surface area (Å²) >= 11 is 0. The average Bonchev–Trinajstić information content (AvgIpc) is 2.25. The van der Waals surface area contributed by atoms with Gasteiger partial charge >= 0.3 is 0 Å². The van der Waals surface area contributed by atoms with E-state index in [9.17, 15) is 9.50 Å². The van der Waals surface area contributed by atoms with Crippen LogP contribution in [-0.2, 0) is 6.42 Å². The first-order valence-corrected chi connectivity index (χ1v) is 6.43. The van der Waals surface area contributed by atoms with Gasteiger partial charge in [0.15, 0.2) is 0 Å². The Morgan fingerprint density at radius 1 is 1.42 bits per heavy atom. The standard InChI is InChI=1S/C15H17FN2O/c1-15(2)6-11-13(12(19)7-15)14(17)9-4-3-8(16)5-10(9)18-11/h3-5,12,19H,6-7H2,1-2H3,(H2,17,18). The Kier molecular flexibility index (Phi) is 2.54. The fraction of sp³-hybridized carbons (Fsp3) is 0.400. The van der Waals surface area contributed by atoms with E-state index in [1.165, 1.54) is 12.1 Å². The van der Waals surface area contributed by atoms with Crippen LogP contribution in [0.15, 0.2) is 18.2 Å². The molecule has 0 fully saturated rings. The number of rotatable bonds is 0. The molecule has 3 rings (SSSR count). The highest BCUT2D eigenvalue weighted by Gasteiger charge is 2.34. The van der Waals surface area contributed by atoms with E-state index in [0.717, 1.165) is 17.7 Å². The predicted molar refractivity (Wildman–Crippen MR) is 73.2 cm³/mol. The molecular weight excluding hydrogens is 243 g/mol. The van der Waals surface area contributed by atoms with Gasteiger partial charge in [0, 0.05) is 28.4 Å². The molecule has 3 nitrogen and oxygen atoms in total. The molecule has 0 radical (unpaired) electrons. The van der Waals surface area contributed by atoms with E-state index in [-0.39, 0.29) is 11.2 Å². The number of nitrogens with zero attached hydrogens (tertiary/aromatic N) is 1. The van der Waals surface area contributed by atoms with E-state index < -0.39 is 6.10 Å². The molecule has 0 amide bonds. The van der Waals surface area contributed by atoms with Crippen LogP contribution in [0, 0.1) is 11.2 Å². The molecule has 3 N–H and O–H groups in total. The predicted octanol–water partition coefficient (Wildman–Crippen LogP) is 2.96. The van der Waals surface area contributed by atoms with Gasteiger partial charge in [-0.25, -0.2) is 4.39 Å². The van der Waals surface area contributed by atoms with Crippen LogP contribution in [-0.4, -0.2) is 10.1 Å². The fourth-order valence-corrected chi connectivity index (χ4v) is 2.99. The van der Waals surface area contributed by atoms with Gasteiger partial charge in [0.1, 0.15) is 5.82 Å². The third-order valence-electron chi connectivity index (χ3n) is 3.83. The maximum Gasteiger partial charge on any atom is 0.125 e. The molecule has 1 heterocycles. The first kappa shape index (κ1) is 12.4. The Bertz CT molecular complexity index is 667. The highest BCUT2D eigenvalue weighted by Crippen LogP contribution is 2.43. The van der Waals surface area contributed by atoms with Crippen molar-refractivity contribution < 1.29 is 9.50 Å². The Morgan fingerprint density at radius 2 is 2.16 bits per heavy atom. The van der Waals surface area contributed by atoms with E-state index in [1.54, 1.807) is 6.07 Å². The fourth-order valence-electron chi connectivity index (χ4n) is 2.99. The van der Waals surface area contributed by atoms with Crippen LogP contribution in [0.1, 0.15) is 37.6 Å². The number of pyridine rings is 1. The lowest BCUT2D eigenvalue weighted by Crippen LogP contribution is -2.27. The number of hydrogen-bond acceptors (Lipinski definition) is 3. The van der Waals surface area contributed by atoms with Crippen molar-refractivity contribution in [1.82, 2.24) is 4.98 Å². The van der Waals surface area contributed by atoms with Crippen LogP contribution in [0.2, 0.25) is 0 Å². The monoisotopic (exact) mass is 260 g/mol. The lowest BCUT2D eigenvalue weighted by Gasteiger charge is -2.34. The zero-order valence-corrected chi connectivity index (χ0v) is 11.1. The summed E-state index contributed by atoms with van der Waals surface area (Å²) in [5.74, 6) is -0.324. The van der Waals surface area contributed by atoms with E-state index in [4.69, 9.17) is 5.73 Å². The molecule has 2 aromatic rings. The molecule has 4 heteroatoms. The second-order valence-electron chi connectivity index (χ2n) is 6.11. The number of nitrogens with two attached hydrogens (primary N) is 1. The number of aliphatic hydroxyl groups is 1. The van der Waals surface area contributed by atoms with Crippen molar-refractivity contribution in [2.75, 3.05) is 5.73 Å². The minimum absolute atomic E-state index is 0.0210. The van der Waals surface area contributed by atoms with Crippen LogP contribution < -0.4 is 5.73 Å². The average molecular weight is 260 g/mol. The molecule has 0 spiro atoms. The van der Waals surface area contributed by atoms with Gasteiger partial charge in [-0.3, -0.25) is 4.98 Å². The molecule has 1 atom stereocenters. The third-order valence-corrected chi connectivity index (χ3v) is 3.83. The van der Waals surface area contributed by atoms with Gasteiger partial charge in [-0.2, -0.15) is 0 Å². The normalized spacial score (nSPS) is 21.4. The quantitative estimate of drug-likeness (QED) is 0.765. The number of aromatic nitrogens is 1. The van der Waals surface area contributed by atoms with Crippen molar-refractivity contribution in [1.29, 1.82) is 0 Å². The van der Waals surface area contributed by atoms with Crippen LogP contribution >= 0.6 is 0 Å². The molecule has 100 valence electrons. The molecule has 1 aliphatic rings. The minimum atomic E-state index is -0.597. The Labute approximate surface area is 111 Å². The number of anilines is 1. The van der Waals surface area contributed by atoms with Gasteiger partial charge in [0.05, 0.1) is 11.6 Å². The van der Waals surface area contributed by atoms with Crippen LogP contribution in [0.5, 0.6) is 0 Å². The van der Waals surface area contributed by atoms with Crippen molar-refractivity contribution >= 4 is 16.6 Å². The molecular formula is C15H17FN2O. The van der Waals surface area contributed by atoms with Gasteiger partial charge in [0.2, 0.25) is 0 Å². The smallest absolute Gasteiger partial charge is 0.125 e. The molecule has 1 aromatic carbocycles. The SMILES string of the molecule is CC1(C)Cc2nc3cc(F)ccc3c(N)c2C(O)C1. The lowest BCUT2D eigenvalue weighted by atomic mass is 9.74. The Morgan fingerprint density at radius 3 is 2.89 bits per heavy atom. The zero-order chi connectivity index (χ0) is 13.8. The second-order valence-corrected chi connectivity index (χ2v) is 6.11. The van der Waals surface area contributed by atoms with Crippen LogP contribution in [0.3, 0.4) is 0 Å². The maximum absolute atomic E-state index is 13.3. The molecule has 1 unspecified atom stereocenters. The number of hydrogen-bond donors (Lipinski definition) is 2. The van der Waals surface area contributed by atoms with Crippen molar-refractivity contribution in [3.8, 4) is 0 Å². The minimum Gasteiger partial charge on any atom is -0.398 e. The molecule has 1 aromatic heterocycles. The van der Waals surface area contributed by atoms with E-state index in [1.807, 2.05) is 0 Å². The highest BCUT2D eigenvalue weighted by molar-refractivity contribution is 5.92. The van der Waals surface area contributed by atoms with E-state index >= 15 is 0 Å². The molecule has 0 saturated heterocycles.